The number of aryl methyl sites for hydroxylation is 1. The van der Waals surface area contributed by atoms with Gasteiger partial charge in [0.25, 0.3) is 5.91 Å². The summed E-state index contributed by atoms with van der Waals surface area (Å²) in [6.07, 6.45) is 0. The second kappa shape index (κ2) is 6.95. The van der Waals surface area contributed by atoms with Gasteiger partial charge in [0.05, 0.1) is 5.56 Å². The minimum Gasteiger partial charge on any atom is -0.485 e. The molecule has 0 saturated carbocycles. The quantitative estimate of drug-likeness (QED) is 0.721. The van der Waals surface area contributed by atoms with Crippen LogP contribution in [0.2, 0.25) is 0 Å². The summed E-state index contributed by atoms with van der Waals surface area (Å²) in [6.45, 7) is 1.85. The van der Waals surface area contributed by atoms with E-state index >= 15 is 0 Å². The molecule has 24 heavy (non-hydrogen) atoms. The molecule has 0 N–H and O–H groups in total. The van der Waals surface area contributed by atoms with Crippen molar-refractivity contribution < 1.29 is 14.1 Å². The van der Waals surface area contributed by atoms with Crippen molar-refractivity contribution in [1.29, 1.82) is 0 Å². The van der Waals surface area contributed by atoms with Gasteiger partial charge in [0, 0.05) is 19.7 Å². The van der Waals surface area contributed by atoms with Crippen LogP contribution < -0.4 is 9.64 Å². The van der Waals surface area contributed by atoms with Crippen LogP contribution in [0.5, 0.6) is 5.75 Å². The largest absolute Gasteiger partial charge is 0.485 e. The third-order valence-corrected chi connectivity index (χ3v) is 3.49. The van der Waals surface area contributed by atoms with Gasteiger partial charge < -0.3 is 14.2 Å². The van der Waals surface area contributed by atoms with Gasteiger partial charge >= 0.3 is 0 Å². The zero-order valence-corrected chi connectivity index (χ0v) is 13.5. The molecule has 122 valence electrons. The Morgan fingerprint density at radius 1 is 1.12 bits per heavy atom. The highest BCUT2D eigenvalue weighted by Gasteiger charge is 2.18. The van der Waals surface area contributed by atoms with Crippen molar-refractivity contribution in [2.24, 2.45) is 0 Å². The lowest BCUT2D eigenvalue weighted by atomic mass is 10.1. The summed E-state index contributed by atoms with van der Waals surface area (Å²) in [5.41, 5.74) is 1.29. The second-order valence-corrected chi connectivity index (χ2v) is 5.21. The maximum Gasteiger partial charge on any atom is 0.261 e. The first-order chi connectivity index (χ1) is 11.6. The molecular weight excluding hydrogens is 306 g/mol. The summed E-state index contributed by atoms with van der Waals surface area (Å²) in [6, 6.07) is 16.5. The molecule has 0 spiro atoms. The van der Waals surface area contributed by atoms with Gasteiger partial charge in [0.15, 0.2) is 6.61 Å². The summed E-state index contributed by atoms with van der Waals surface area (Å²) in [4.78, 5) is 18.4. The Kier molecular flexibility index (Phi) is 4.56. The highest BCUT2D eigenvalue weighted by atomic mass is 16.5. The van der Waals surface area contributed by atoms with Crippen LogP contribution >= 0.6 is 0 Å². The maximum atomic E-state index is 12.8. The van der Waals surface area contributed by atoms with Crippen LogP contribution in [0.4, 0.5) is 5.69 Å². The zero-order chi connectivity index (χ0) is 16.9. The van der Waals surface area contributed by atoms with E-state index in [0.717, 1.165) is 5.69 Å². The first kappa shape index (κ1) is 15.7. The molecule has 6 nitrogen and oxygen atoms in total. The van der Waals surface area contributed by atoms with Gasteiger partial charge in [0.2, 0.25) is 11.7 Å². The molecule has 0 fully saturated rings. The van der Waals surface area contributed by atoms with E-state index in [0.29, 0.717) is 23.0 Å². The smallest absolute Gasteiger partial charge is 0.261 e. The Morgan fingerprint density at radius 2 is 1.83 bits per heavy atom. The molecule has 0 saturated heterocycles. The van der Waals surface area contributed by atoms with Gasteiger partial charge in [-0.3, -0.25) is 4.79 Å². The van der Waals surface area contributed by atoms with E-state index in [9.17, 15) is 4.79 Å². The molecule has 6 heteroatoms. The fraction of sp³-hybridized carbons (Fsp3) is 0.167. The fourth-order valence-corrected chi connectivity index (χ4v) is 2.26. The van der Waals surface area contributed by atoms with E-state index < -0.39 is 0 Å². The van der Waals surface area contributed by atoms with Crippen LogP contribution in [0, 0.1) is 6.92 Å². The molecule has 0 aliphatic heterocycles. The number of anilines is 1. The second-order valence-electron chi connectivity index (χ2n) is 5.21. The third kappa shape index (κ3) is 3.43. The maximum absolute atomic E-state index is 12.8. The van der Waals surface area contributed by atoms with Gasteiger partial charge in [-0.25, -0.2) is 0 Å². The van der Waals surface area contributed by atoms with Gasteiger partial charge in [-0.05, 0) is 24.3 Å². The molecule has 1 heterocycles. The van der Waals surface area contributed by atoms with Gasteiger partial charge in [0.1, 0.15) is 5.75 Å². The number of rotatable bonds is 5. The van der Waals surface area contributed by atoms with E-state index in [1.54, 1.807) is 37.1 Å². The minimum absolute atomic E-state index is 0.136. The molecule has 3 rings (SSSR count). The normalized spacial score (nSPS) is 10.4. The predicted molar refractivity (Wildman–Crippen MR) is 89.0 cm³/mol. The number of amides is 1. The lowest BCUT2D eigenvalue weighted by molar-refractivity contribution is 0.0988. The molecular formula is C18H17N3O3. The van der Waals surface area contributed by atoms with Gasteiger partial charge in [-0.2, -0.15) is 4.98 Å². The Hall–Kier alpha value is -3.15. The van der Waals surface area contributed by atoms with E-state index in [-0.39, 0.29) is 12.5 Å². The van der Waals surface area contributed by atoms with E-state index in [1.165, 1.54) is 0 Å². The molecule has 2 aromatic carbocycles. The molecule has 1 amide bonds. The predicted octanol–water partition coefficient (Wildman–Crippen LogP) is 3.23. The SMILES string of the molecule is Cc1nc(COc2ccccc2C(=O)N(C)c2ccccc2)no1. The average molecular weight is 323 g/mol. The summed E-state index contributed by atoms with van der Waals surface area (Å²) < 4.78 is 10.6. The monoisotopic (exact) mass is 323 g/mol. The van der Waals surface area contributed by atoms with Crippen molar-refractivity contribution in [3.8, 4) is 5.75 Å². The van der Waals surface area contributed by atoms with E-state index in [2.05, 4.69) is 10.1 Å². The van der Waals surface area contributed by atoms with Crippen LogP contribution in [-0.2, 0) is 6.61 Å². The molecule has 0 aliphatic carbocycles. The van der Waals surface area contributed by atoms with Crippen molar-refractivity contribution in [1.82, 2.24) is 10.1 Å². The average Bonchev–Trinajstić information content (AvgIpc) is 3.05. The number of ether oxygens (including phenoxy) is 1. The summed E-state index contributed by atoms with van der Waals surface area (Å²) in [5, 5.41) is 3.78. The topological polar surface area (TPSA) is 68.5 Å². The van der Waals surface area contributed by atoms with Crippen LogP contribution in [0.1, 0.15) is 22.1 Å². The van der Waals surface area contributed by atoms with Crippen LogP contribution in [0.15, 0.2) is 59.1 Å². The first-order valence-corrected chi connectivity index (χ1v) is 7.49. The van der Waals surface area contributed by atoms with Crippen molar-refractivity contribution in [3.63, 3.8) is 0 Å². The Balaban J connectivity index is 1.79. The van der Waals surface area contributed by atoms with E-state index in [1.807, 2.05) is 36.4 Å². The molecule has 3 aromatic rings. The van der Waals surface area contributed by atoms with Gasteiger partial charge in [-0.1, -0.05) is 35.5 Å². The summed E-state index contributed by atoms with van der Waals surface area (Å²) >= 11 is 0. The fourth-order valence-electron chi connectivity index (χ4n) is 2.26. The minimum atomic E-state index is -0.152. The number of nitrogens with zero attached hydrogens (tertiary/aromatic N) is 3. The van der Waals surface area contributed by atoms with Crippen molar-refractivity contribution in [2.45, 2.75) is 13.5 Å². The molecule has 0 aliphatic rings. The van der Waals surface area contributed by atoms with Crippen molar-refractivity contribution >= 4 is 11.6 Å². The molecule has 0 radical (unpaired) electrons. The zero-order valence-electron chi connectivity index (χ0n) is 13.5. The highest BCUT2D eigenvalue weighted by molar-refractivity contribution is 6.07. The van der Waals surface area contributed by atoms with E-state index in [4.69, 9.17) is 9.26 Å². The number of aromatic nitrogens is 2. The van der Waals surface area contributed by atoms with Gasteiger partial charge in [-0.15, -0.1) is 0 Å². The van der Waals surface area contributed by atoms with Crippen molar-refractivity contribution in [2.75, 3.05) is 11.9 Å². The lowest BCUT2D eigenvalue weighted by Gasteiger charge is -2.19. The Morgan fingerprint density at radius 3 is 2.54 bits per heavy atom. The lowest BCUT2D eigenvalue weighted by Crippen LogP contribution is -2.26. The summed E-state index contributed by atoms with van der Waals surface area (Å²) in [7, 11) is 1.73. The first-order valence-electron chi connectivity index (χ1n) is 7.49. The number of hydrogen-bond donors (Lipinski definition) is 0. The summed E-state index contributed by atoms with van der Waals surface area (Å²) in [5.74, 6) is 1.24. The molecule has 0 unspecified atom stereocenters. The number of hydrogen-bond acceptors (Lipinski definition) is 5. The standard InChI is InChI=1S/C18H17N3O3/c1-13-19-17(20-24-13)12-23-16-11-7-6-10-15(16)18(22)21(2)14-8-4-3-5-9-14/h3-11H,12H2,1-2H3. The van der Waals surface area contributed by atoms with Crippen LogP contribution in [0.3, 0.4) is 0 Å². The Labute approximate surface area is 139 Å². The number of benzene rings is 2. The molecule has 0 atom stereocenters. The number of para-hydroxylation sites is 2. The van der Waals surface area contributed by atoms with Crippen molar-refractivity contribution in [3.05, 3.63) is 71.9 Å². The Bertz CT molecular complexity index is 830. The number of carbonyl (C=O) groups is 1. The number of carbonyl (C=O) groups excluding carboxylic acids is 1. The molecule has 0 bridgehead atoms. The highest BCUT2D eigenvalue weighted by Crippen LogP contribution is 2.23. The van der Waals surface area contributed by atoms with Crippen LogP contribution in [-0.4, -0.2) is 23.1 Å². The molecule has 1 aromatic heterocycles. The third-order valence-electron chi connectivity index (χ3n) is 3.49. The van der Waals surface area contributed by atoms with Crippen LogP contribution in [0.25, 0.3) is 0 Å².